The number of H-pyrrole nitrogens is 2. The number of aromatic amines is 2. The first kappa shape index (κ1) is 23.1. The zero-order valence-corrected chi connectivity index (χ0v) is 21.5. The number of aromatic nitrogens is 6. The van der Waals surface area contributed by atoms with E-state index in [4.69, 9.17) is 4.98 Å². The van der Waals surface area contributed by atoms with Crippen LogP contribution in [-0.2, 0) is 4.79 Å². The highest BCUT2D eigenvalue weighted by atomic mass is 32.1. The third-order valence-corrected chi connectivity index (χ3v) is 6.71. The van der Waals surface area contributed by atoms with Gasteiger partial charge in [-0.05, 0) is 46.7 Å². The Balaban J connectivity index is 1.36. The molecule has 6 rings (SSSR count). The molecule has 0 unspecified atom stereocenters. The number of thiophene rings is 1. The molecule has 3 N–H and O–H groups in total. The van der Waals surface area contributed by atoms with Gasteiger partial charge >= 0.3 is 0 Å². The Morgan fingerprint density at radius 3 is 2.70 bits per heavy atom. The minimum atomic E-state index is -0.0883. The molecule has 0 radical (unpaired) electrons. The van der Waals surface area contributed by atoms with E-state index in [-0.39, 0.29) is 11.3 Å². The Kier molecular flexibility index (Phi) is 5.57. The van der Waals surface area contributed by atoms with Crippen molar-refractivity contribution in [2.75, 3.05) is 5.32 Å². The standard InChI is InChI=1S/C28H25N7OS/c1-28(2,3)12-23(36)31-19-10-18(13-29-14-19)16-4-5-21-20(11-16)25(35-34-21)27-32-22-6-8-30-24(26(22)33-27)17-7-9-37-15-17/h4-11,13-15H,12H2,1-3H3,(H,31,36)(H,32,33)(H,34,35). The maximum atomic E-state index is 12.4. The third-order valence-electron chi connectivity index (χ3n) is 6.03. The van der Waals surface area contributed by atoms with E-state index in [9.17, 15) is 4.79 Å². The van der Waals surface area contributed by atoms with Gasteiger partial charge < -0.3 is 10.3 Å². The van der Waals surface area contributed by atoms with Crippen LogP contribution in [-0.4, -0.2) is 36.0 Å². The Morgan fingerprint density at radius 2 is 1.89 bits per heavy atom. The second-order valence-corrected chi connectivity index (χ2v) is 11.0. The maximum Gasteiger partial charge on any atom is 0.224 e. The molecule has 0 saturated heterocycles. The predicted octanol–water partition coefficient (Wildman–Crippen LogP) is 6.67. The molecule has 0 spiro atoms. The third kappa shape index (κ3) is 4.61. The maximum absolute atomic E-state index is 12.4. The monoisotopic (exact) mass is 507 g/mol. The summed E-state index contributed by atoms with van der Waals surface area (Å²) in [5, 5.41) is 15.7. The van der Waals surface area contributed by atoms with Gasteiger partial charge in [-0.15, -0.1) is 0 Å². The lowest BCUT2D eigenvalue weighted by atomic mass is 9.92. The highest BCUT2D eigenvalue weighted by Gasteiger charge is 2.18. The molecule has 1 aromatic carbocycles. The zero-order valence-electron chi connectivity index (χ0n) is 20.7. The lowest BCUT2D eigenvalue weighted by Crippen LogP contribution is -2.19. The van der Waals surface area contributed by atoms with Gasteiger partial charge in [0.1, 0.15) is 11.2 Å². The van der Waals surface area contributed by atoms with Crippen molar-refractivity contribution in [3.63, 3.8) is 0 Å². The Morgan fingerprint density at radius 1 is 1.00 bits per heavy atom. The van der Waals surface area contributed by atoms with Crippen LogP contribution in [0.2, 0.25) is 0 Å². The summed E-state index contributed by atoms with van der Waals surface area (Å²) in [6, 6.07) is 12.0. The van der Waals surface area contributed by atoms with Gasteiger partial charge in [-0.3, -0.25) is 19.9 Å². The summed E-state index contributed by atoms with van der Waals surface area (Å²) in [5.74, 6) is 0.643. The zero-order chi connectivity index (χ0) is 25.6. The highest BCUT2D eigenvalue weighted by Crippen LogP contribution is 2.33. The van der Waals surface area contributed by atoms with E-state index in [1.165, 1.54) is 0 Å². The van der Waals surface area contributed by atoms with Crippen molar-refractivity contribution >= 4 is 44.9 Å². The minimum absolute atomic E-state index is 0.0276. The molecule has 0 saturated carbocycles. The summed E-state index contributed by atoms with van der Waals surface area (Å²) < 4.78 is 0. The normalized spacial score (nSPS) is 11.9. The number of anilines is 1. The number of pyridine rings is 2. The van der Waals surface area contributed by atoms with E-state index >= 15 is 0 Å². The van der Waals surface area contributed by atoms with Gasteiger partial charge in [-0.25, -0.2) is 4.98 Å². The van der Waals surface area contributed by atoms with E-state index in [0.29, 0.717) is 17.9 Å². The molecule has 37 heavy (non-hydrogen) atoms. The first-order valence-electron chi connectivity index (χ1n) is 12.0. The number of fused-ring (bicyclic) bond motifs is 2. The van der Waals surface area contributed by atoms with Crippen molar-refractivity contribution in [3.05, 3.63) is 65.7 Å². The SMILES string of the molecule is CC(C)(C)CC(=O)Nc1cncc(-c2ccc3[nH]nc(-c4nc5c(-c6ccsc6)nccc5[nH]4)c3c2)c1. The number of imidazole rings is 1. The quantitative estimate of drug-likeness (QED) is 0.241. The van der Waals surface area contributed by atoms with Crippen LogP contribution < -0.4 is 5.32 Å². The Hall–Kier alpha value is -4.37. The number of carbonyl (C=O) groups excluding carboxylic acids is 1. The Bertz CT molecular complexity index is 1740. The first-order valence-corrected chi connectivity index (χ1v) is 12.9. The number of amides is 1. The van der Waals surface area contributed by atoms with Gasteiger partial charge in [0.15, 0.2) is 5.82 Å². The molecule has 184 valence electrons. The van der Waals surface area contributed by atoms with E-state index in [1.54, 1.807) is 29.9 Å². The second kappa shape index (κ2) is 8.94. The number of hydrogen-bond acceptors (Lipinski definition) is 6. The van der Waals surface area contributed by atoms with Gasteiger partial charge in [0.05, 0.1) is 28.6 Å². The van der Waals surface area contributed by atoms with Crippen molar-refractivity contribution in [2.45, 2.75) is 27.2 Å². The molecule has 0 aliphatic heterocycles. The molecule has 5 aromatic heterocycles. The van der Waals surface area contributed by atoms with Gasteiger partial charge in [-0.1, -0.05) is 26.8 Å². The summed E-state index contributed by atoms with van der Waals surface area (Å²) in [6.07, 6.45) is 5.68. The summed E-state index contributed by atoms with van der Waals surface area (Å²) in [4.78, 5) is 29.6. The lowest BCUT2D eigenvalue weighted by molar-refractivity contribution is -0.117. The van der Waals surface area contributed by atoms with Crippen LogP contribution in [0.15, 0.2) is 65.7 Å². The van der Waals surface area contributed by atoms with E-state index in [0.717, 1.165) is 50.0 Å². The number of hydrogen-bond donors (Lipinski definition) is 3. The van der Waals surface area contributed by atoms with Crippen molar-refractivity contribution in [3.8, 4) is 33.9 Å². The van der Waals surface area contributed by atoms with Crippen LogP contribution in [0.1, 0.15) is 27.2 Å². The topological polar surface area (TPSA) is 112 Å². The molecule has 5 heterocycles. The van der Waals surface area contributed by atoms with Gasteiger partial charge in [-0.2, -0.15) is 16.4 Å². The molecule has 0 aliphatic carbocycles. The number of rotatable bonds is 5. The fourth-order valence-corrected chi connectivity index (χ4v) is 5.03. The van der Waals surface area contributed by atoms with Crippen LogP contribution in [0.25, 0.3) is 55.8 Å². The molecule has 8 nitrogen and oxygen atoms in total. The van der Waals surface area contributed by atoms with Crippen LogP contribution in [0.3, 0.4) is 0 Å². The molecule has 0 aliphatic rings. The molecular weight excluding hydrogens is 482 g/mol. The number of nitrogens with zero attached hydrogens (tertiary/aromatic N) is 4. The second-order valence-electron chi connectivity index (χ2n) is 10.2. The van der Waals surface area contributed by atoms with Crippen LogP contribution in [0, 0.1) is 5.41 Å². The van der Waals surface area contributed by atoms with Gasteiger partial charge in [0.2, 0.25) is 5.91 Å². The van der Waals surface area contributed by atoms with Crippen molar-refractivity contribution < 1.29 is 4.79 Å². The fourth-order valence-electron chi connectivity index (χ4n) is 4.39. The van der Waals surface area contributed by atoms with Gasteiger partial charge in [0.25, 0.3) is 0 Å². The number of carbonyl (C=O) groups is 1. The number of benzene rings is 1. The van der Waals surface area contributed by atoms with Gasteiger partial charge in [0, 0.05) is 40.7 Å². The lowest BCUT2D eigenvalue weighted by Gasteiger charge is -2.17. The molecular formula is C28H25N7OS. The molecule has 0 atom stereocenters. The minimum Gasteiger partial charge on any atom is -0.336 e. The largest absolute Gasteiger partial charge is 0.336 e. The van der Waals surface area contributed by atoms with Crippen molar-refractivity contribution in [1.82, 2.24) is 30.1 Å². The van der Waals surface area contributed by atoms with E-state index in [2.05, 4.69) is 41.9 Å². The average Bonchev–Trinajstić information content (AvgIpc) is 3.61. The first-order chi connectivity index (χ1) is 17.8. The van der Waals surface area contributed by atoms with Crippen LogP contribution in [0.4, 0.5) is 5.69 Å². The smallest absolute Gasteiger partial charge is 0.224 e. The summed E-state index contributed by atoms with van der Waals surface area (Å²) in [6.45, 7) is 6.13. The highest BCUT2D eigenvalue weighted by molar-refractivity contribution is 7.08. The molecule has 6 aromatic rings. The van der Waals surface area contributed by atoms with Crippen LogP contribution in [0.5, 0.6) is 0 Å². The summed E-state index contributed by atoms with van der Waals surface area (Å²) in [7, 11) is 0. The molecule has 0 fully saturated rings. The Labute approximate surface area is 217 Å². The molecule has 0 bridgehead atoms. The van der Waals surface area contributed by atoms with Crippen molar-refractivity contribution in [1.29, 1.82) is 0 Å². The molecule has 9 heteroatoms. The number of nitrogens with one attached hydrogen (secondary N) is 3. The predicted molar refractivity (Wildman–Crippen MR) is 148 cm³/mol. The summed E-state index contributed by atoms with van der Waals surface area (Å²) in [5.41, 5.74) is 7.68. The van der Waals surface area contributed by atoms with E-state index < -0.39 is 0 Å². The van der Waals surface area contributed by atoms with E-state index in [1.807, 2.05) is 56.5 Å². The van der Waals surface area contributed by atoms with Crippen LogP contribution >= 0.6 is 11.3 Å². The molecule has 1 amide bonds. The van der Waals surface area contributed by atoms with Crippen molar-refractivity contribution in [2.24, 2.45) is 5.41 Å². The summed E-state index contributed by atoms with van der Waals surface area (Å²) >= 11 is 1.63. The fraction of sp³-hybridized carbons (Fsp3) is 0.179. The average molecular weight is 508 g/mol.